The summed E-state index contributed by atoms with van der Waals surface area (Å²) in [7, 11) is 0. The number of halogens is 1. The van der Waals surface area contributed by atoms with Crippen molar-refractivity contribution in [1.82, 2.24) is 0 Å². The lowest BCUT2D eigenvalue weighted by molar-refractivity contribution is 0.164. The Balaban J connectivity index is 2.70. The number of hydrogen-bond donors (Lipinski definition) is 1. The number of unbranched alkanes of at least 4 members (excludes halogenated alkanes) is 1. The first kappa shape index (κ1) is 11.5. The zero-order valence-electron chi connectivity index (χ0n) is 8.76. The van der Waals surface area contributed by atoms with Crippen LogP contribution in [0.3, 0.4) is 0 Å². The van der Waals surface area contributed by atoms with Gasteiger partial charge in [0, 0.05) is 5.02 Å². The van der Waals surface area contributed by atoms with Crippen LogP contribution >= 0.6 is 11.6 Å². The predicted molar refractivity (Wildman–Crippen MR) is 60.7 cm³/mol. The summed E-state index contributed by atoms with van der Waals surface area (Å²) in [5.41, 5.74) is 2.00. The number of aryl methyl sites for hydroxylation is 1. The molecule has 1 aromatic carbocycles. The maximum atomic E-state index is 9.82. The molecule has 1 unspecified atom stereocenters. The Morgan fingerprint density at radius 1 is 1.43 bits per heavy atom. The second kappa shape index (κ2) is 5.38. The Labute approximate surface area is 90.7 Å². The van der Waals surface area contributed by atoms with E-state index in [1.165, 1.54) is 0 Å². The minimum absolute atomic E-state index is 0.342. The van der Waals surface area contributed by atoms with Gasteiger partial charge in [0.15, 0.2) is 0 Å². The Morgan fingerprint density at radius 2 is 2.14 bits per heavy atom. The maximum absolute atomic E-state index is 9.82. The minimum atomic E-state index is -0.342. The van der Waals surface area contributed by atoms with Crippen molar-refractivity contribution in [1.29, 1.82) is 0 Å². The van der Waals surface area contributed by atoms with Gasteiger partial charge in [0.25, 0.3) is 0 Å². The van der Waals surface area contributed by atoms with Gasteiger partial charge in [0.1, 0.15) is 0 Å². The fraction of sp³-hybridized carbons (Fsp3) is 0.500. The lowest BCUT2D eigenvalue weighted by Crippen LogP contribution is -1.97. The van der Waals surface area contributed by atoms with Gasteiger partial charge in [-0.1, -0.05) is 43.5 Å². The third-order valence-electron chi connectivity index (χ3n) is 2.40. The molecule has 0 saturated heterocycles. The van der Waals surface area contributed by atoms with Gasteiger partial charge in [-0.3, -0.25) is 0 Å². The summed E-state index contributed by atoms with van der Waals surface area (Å²) in [6, 6.07) is 5.71. The number of benzene rings is 1. The van der Waals surface area contributed by atoms with Crippen molar-refractivity contribution < 1.29 is 5.11 Å². The van der Waals surface area contributed by atoms with E-state index in [1.54, 1.807) is 0 Å². The average Bonchev–Trinajstić information content (AvgIpc) is 2.18. The van der Waals surface area contributed by atoms with Crippen LogP contribution in [0.1, 0.15) is 43.4 Å². The molecule has 14 heavy (non-hydrogen) atoms. The molecule has 1 nitrogen and oxygen atoms in total. The Hall–Kier alpha value is -0.530. The molecule has 0 bridgehead atoms. The van der Waals surface area contributed by atoms with Crippen LogP contribution < -0.4 is 0 Å². The standard InChI is InChI=1S/C12H17ClO/c1-3-4-5-12(14)10-6-7-11(13)9(2)8-10/h6-8,12,14H,3-5H2,1-2H3. The van der Waals surface area contributed by atoms with Gasteiger partial charge in [-0.2, -0.15) is 0 Å². The van der Waals surface area contributed by atoms with Crippen LogP contribution in [0, 0.1) is 6.92 Å². The normalized spacial score (nSPS) is 12.9. The molecule has 0 heterocycles. The van der Waals surface area contributed by atoms with Crippen LogP contribution in [0.25, 0.3) is 0 Å². The highest BCUT2D eigenvalue weighted by Gasteiger charge is 2.07. The summed E-state index contributed by atoms with van der Waals surface area (Å²) >= 11 is 5.91. The molecule has 0 radical (unpaired) electrons. The van der Waals surface area contributed by atoms with E-state index in [0.717, 1.165) is 35.4 Å². The minimum Gasteiger partial charge on any atom is -0.388 e. The molecule has 1 N–H and O–H groups in total. The fourth-order valence-corrected chi connectivity index (χ4v) is 1.56. The van der Waals surface area contributed by atoms with Crippen molar-refractivity contribution in [2.75, 3.05) is 0 Å². The van der Waals surface area contributed by atoms with Gasteiger partial charge >= 0.3 is 0 Å². The zero-order valence-corrected chi connectivity index (χ0v) is 9.51. The first-order valence-electron chi connectivity index (χ1n) is 5.09. The van der Waals surface area contributed by atoms with E-state index in [4.69, 9.17) is 11.6 Å². The molecular formula is C12H17ClO. The maximum Gasteiger partial charge on any atom is 0.0790 e. The monoisotopic (exact) mass is 212 g/mol. The Morgan fingerprint density at radius 3 is 2.71 bits per heavy atom. The second-order valence-corrected chi connectivity index (χ2v) is 4.07. The van der Waals surface area contributed by atoms with Crippen LogP contribution in [0.2, 0.25) is 5.02 Å². The molecule has 0 aromatic heterocycles. The molecule has 0 saturated carbocycles. The quantitative estimate of drug-likeness (QED) is 0.804. The molecule has 0 aliphatic rings. The number of aliphatic hydroxyl groups is 1. The van der Waals surface area contributed by atoms with Crippen LogP contribution in [-0.2, 0) is 0 Å². The predicted octanol–water partition coefficient (Wildman–Crippen LogP) is 3.87. The van der Waals surface area contributed by atoms with E-state index in [-0.39, 0.29) is 6.10 Å². The highest BCUT2D eigenvalue weighted by Crippen LogP contribution is 2.23. The Kier molecular flexibility index (Phi) is 4.43. The van der Waals surface area contributed by atoms with Crippen molar-refractivity contribution in [3.63, 3.8) is 0 Å². The lowest BCUT2D eigenvalue weighted by atomic mass is 10.0. The van der Waals surface area contributed by atoms with Crippen LogP contribution in [0.5, 0.6) is 0 Å². The zero-order chi connectivity index (χ0) is 10.6. The van der Waals surface area contributed by atoms with Crippen molar-refractivity contribution in [2.24, 2.45) is 0 Å². The van der Waals surface area contributed by atoms with Crippen LogP contribution in [-0.4, -0.2) is 5.11 Å². The van der Waals surface area contributed by atoms with E-state index in [1.807, 2.05) is 25.1 Å². The molecule has 78 valence electrons. The third-order valence-corrected chi connectivity index (χ3v) is 2.82. The van der Waals surface area contributed by atoms with Gasteiger partial charge in [0.05, 0.1) is 6.10 Å². The molecule has 0 fully saturated rings. The van der Waals surface area contributed by atoms with Crippen molar-refractivity contribution in [3.05, 3.63) is 34.3 Å². The highest BCUT2D eigenvalue weighted by molar-refractivity contribution is 6.31. The fourth-order valence-electron chi connectivity index (χ4n) is 1.44. The highest BCUT2D eigenvalue weighted by atomic mass is 35.5. The van der Waals surface area contributed by atoms with Crippen LogP contribution in [0.15, 0.2) is 18.2 Å². The molecule has 0 aliphatic heterocycles. The lowest BCUT2D eigenvalue weighted by Gasteiger charge is -2.11. The first-order valence-corrected chi connectivity index (χ1v) is 5.47. The second-order valence-electron chi connectivity index (χ2n) is 3.67. The van der Waals surface area contributed by atoms with E-state index in [2.05, 4.69) is 6.92 Å². The van der Waals surface area contributed by atoms with E-state index in [0.29, 0.717) is 0 Å². The molecule has 0 spiro atoms. The number of aliphatic hydroxyl groups excluding tert-OH is 1. The number of hydrogen-bond acceptors (Lipinski definition) is 1. The molecule has 1 atom stereocenters. The summed E-state index contributed by atoms with van der Waals surface area (Å²) in [6.45, 7) is 4.08. The SMILES string of the molecule is CCCCC(O)c1ccc(Cl)c(C)c1. The first-order chi connectivity index (χ1) is 6.65. The van der Waals surface area contributed by atoms with Gasteiger partial charge in [-0.05, 0) is 30.5 Å². The van der Waals surface area contributed by atoms with Gasteiger partial charge in [-0.25, -0.2) is 0 Å². The van der Waals surface area contributed by atoms with Crippen molar-refractivity contribution in [3.8, 4) is 0 Å². The molecular weight excluding hydrogens is 196 g/mol. The van der Waals surface area contributed by atoms with Crippen LogP contribution in [0.4, 0.5) is 0 Å². The molecule has 1 aromatic rings. The van der Waals surface area contributed by atoms with E-state index in [9.17, 15) is 5.11 Å². The van der Waals surface area contributed by atoms with Crippen molar-refractivity contribution >= 4 is 11.6 Å². The molecule has 1 rings (SSSR count). The molecule has 0 aliphatic carbocycles. The summed E-state index contributed by atoms with van der Waals surface area (Å²) in [5.74, 6) is 0. The Bertz CT molecular complexity index is 296. The van der Waals surface area contributed by atoms with E-state index >= 15 is 0 Å². The summed E-state index contributed by atoms with van der Waals surface area (Å²) in [5, 5.41) is 10.6. The smallest absolute Gasteiger partial charge is 0.0790 e. The largest absolute Gasteiger partial charge is 0.388 e. The third kappa shape index (κ3) is 3.00. The van der Waals surface area contributed by atoms with Gasteiger partial charge in [0.2, 0.25) is 0 Å². The number of rotatable bonds is 4. The van der Waals surface area contributed by atoms with E-state index < -0.39 is 0 Å². The van der Waals surface area contributed by atoms with Crippen molar-refractivity contribution in [2.45, 2.75) is 39.2 Å². The summed E-state index contributed by atoms with van der Waals surface area (Å²) in [6.07, 6.45) is 2.66. The molecule has 2 heteroatoms. The average molecular weight is 213 g/mol. The molecule has 0 amide bonds. The summed E-state index contributed by atoms with van der Waals surface area (Å²) < 4.78 is 0. The van der Waals surface area contributed by atoms with Gasteiger partial charge < -0.3 is 5.11 Å². The summed E-state index contributed by atoms with van der Waals surface area (Å²) in [4.78, 5) is 0. The van der Waals surface area contributed by atoms with Gasteiger partial charge in [-0.15, -0.1) is 0 Å². The topological polar surface area (TPSA) is 20.2 Å².